The van der Waals surface area contributed by atoms with Crippen molar-refractivity contribution >= 4 is 0 Å². The summed E-state index contributed by atoms with van der Waals surface area (Å²) in [5.74, 6) is 1.000. The van der Waals surface area contributed by atoms with Crippen LogP contribution in [0.4, 0.5) is 0 Å². The number of likely N-dealkylation sites (N-methyl/N-ethyl adjacent to an activating group) is 1. The summed E-state index contributed by atoms with van der Waals surface area (Å²) in [4.78, 5) is 2.55. The van der Waals surface area contributed by atoms with Gasteiger partial charge in [-0.05, 0) is 45.1 Å². The molecule has 3 unspecified atom stereocenters. The monoisotopic (exact) mass is 256 g/mol. The third-order valence-electron chi connectivity index (χ3n) is 4.13. The minimum atomic E-state index is -0.149. The number of likely N-dealkylation sites (tertiary alicyclic amines) is 1. The van der Waals surface area contributed by atoms with Crippen LogP contribution < -0.4 is 5.32 Å². The van der Waals surface area contributed by atoms with Crippen molar-refractivity contribution in [1.29, 1.82) is 0 Å². The molecule has 108 valence electrons. The van der Waals surface area contributed by atoms with Gasteiger partial charge >= 0.3 is 0 Å². The van der Waals surface area contributed by atoms with E-state index in [-0.39, 0.29) is 6.10 Å². The predicted molar refractivity (Wildman–Crippen MR) is 77.7 cm³/mol. The Labute approximate surface area is 113 Å². The van der Waals surface area contributed by atoms with Gasteiger partial charge in [0.2, 0.25) is 0 Å². The van der Waals surface area contributed by atoms with Gasteiger partial charge in [-0.2, -0.15) is 0 Å². The standard InChI is InChI=1S/C15H32N2O/c1-6-16-14-7-13(8-15(18)11(2)3)9-17(10-14)12(4)5/h11-16,18H,6-10H2,1-5H3. The largest absolute Gasteiger partial charge is 0.393 e. The minimum absolute atomic E-state index is 0.149. The van der Waals surface area contributed by atoms with E-state index in [1.54, 1.807) is 0 Å². The summed E-state index contributed by atoms with van der Waals surface area (Å²) in [5.41, 5.74) is 0. The van der Waals surface area contributed by atoms with Crippen LogP contribution in [0.2, 0.25) is 0 Å². The molecule has 0 bridgehead atoms. The predicted octanol–water partition coefficient (Wildman–Crippen LogP) is 2.10. The van der Waals surface area contributed by atoms with Gasteiger partial charge in [-0.25, -0.2) is 0 Å². The Hall–Kier alpha value is -0.120. The van der Waals surface area contributed by atoms with Crippen molar-refractivity contribution in [2.75, 3.05) is 19.6 Å². The molecular formula is C15H32N2O. The number of aliphatic hydroxyl groups excluding tert-OH is 1. The van der Waals surface area contributed by atoms with Crippen LogP contribution in [0.15, 0.2) is 0 Å². The van der Waals surface area contributed by atoms with Crippen LogP contribution in [-0.2, 0) is 0 Å². The molecule has 1 saturated heterocycles. The molecule has 3 atom stereocenters. The highest BCUT2D eigenvalue weighted by atomic mass is 16.3. The van der Waals surface area contributed by atoms with E-state index >= 15 is 0 Å². The molecule has 1 aliphatic rings. The quantitative estimate of drug-likeness (QED) is 0.764. The Morgan fingerprint density at radius 2 is 1.89 bits per heavy atom. The first kappa shape index (κ1) is 15.9. The molecule has 1 fully saturated rings. The van der Waals surface area contributed by atoms with Gasteiger partial charge in [0.1, 0.15) is 0 Å². The lowest BCUT2D eigenvalue weighted by Crippen LogP contribution is -2.52. The van der Waals surface area contributed by atoms with Gasteiger partial charge in [0, 0.05) is 25.2 Å². The van der Waals surface area contributed by atoms with Gasteiger partial charge < -0.3 is 10.4 Å². The Bertz CT molecular complexity index is 229. The molecule has 1 aliphatic heterocycles. The summed E-state index contributed by atoms with van der Waals surface area (Å²) in [7, 11) is 0. The smallest absolute Gasteiger partial charge is 0.0566 e. The molecule has 0 spiro atoms. The van der Waals surface area contributed by atoms with Crippen molar-refractivity contribution in [1.82, 2.24) is 10.2 Å². The Morgan fingerprint density at radius 1 is 1.22 bits per heavy atom. The number of hydrogen-bond acceptors (Lipinski definition) is 3. The van der Waals surface area contributed by atoms with Crippen LogP contribution in [0.1, 0.15) is 47.5 Å². The van der Waals surface area contributed by atoms with E-state index in [4.69, 9.17) is 0 Å². The highest BCUT2D eigenvalue weighted by Crippen LogP contribution is 2.24. The normalized spacial score (nSPS) is 28.0. The van der Waals surface area contributed by atoms with Crippen molar-refractivity contribution in [3.8, 4) is 0 Å². The zero-order valence-electron chi connectivity index (χ0n) is 12.8. The van der Waals surface area contributed by atoms with Crippen LogP contribution in [0.25, 0.3) is 0 Å². The highest BCUT2D eigenvalue weighted by Gasteiger charge is 2.29. The van der Waals surface area contributed by atoms with Crippen molar-refractivity contribution < 1.29 is 5.11 Å². The van der Waals surface area contributed by atoms with Gasteiger partial charge in [0.05, 0.1) is 6.10 Å². The van der Waals surface area contributed by atoms with Crippen LogP contribution in [0, 0.1) is 11.8 Å². The Morgan fingerprint density at radius 3 is 2.39 bits per heavy atom. The molecule has 3 heteroatoms. The fourth-order valence-corrected chi connectivity index (χ4v) is 2.88. The molecule has 0 aromatic rings. The van der Waals surface area contributed by atoms with E-state index in [1.807, 2.05) is 0 Å². The highest BCUT2D eigenvalue weighted by molar-refractivity contribution is 4.86. The molecular weight excluding hydrogens is 224 g/mol. The van der Waals surface area contributed by atoms with E-state index in [0.717, 1.165) is 26.1 Å². The maximum atomic E-state index is 10.1. The SMILES string of the molecule is CCNC1CC(CC(O)C(C)C)CN(C(C)C)C1. The second-order valence-electron chi connectivity index (χ2n) is 6.45. The third kappa shape index (κ3) is 4.87. The van der Waals surface area contributed by atoms with Crippen LogP contribution in [-0.4, -0.2) is 47.8 Å². The van der Waals surface area contributed by atoms with Gasteiger partial charge in [-0.3, -0.25) is 4.90 Å². The lowest BCUT2D eigenvalue weighted by atomic mass is 9.86. The molecule has 0 amide bonds. The summed E-state index contributed by atoms with van der Waals surface area (Å²) >= 11 is 0. The molecule has 0 aromatic carbocycles. The van der Waals surface area contributed by atoms with Gasteiger partial charge in [-0.15, -0.1) is 0 Å². The van der Waals surface area contributed by atoms with Crippen LogP contribution in [0.5, 0.6) is 0 Å². The first-order valence-corrected chi connectivity index (χ1v) is 7.59. The van der Waals surface area contributed by atoms with Crippen molar-refractivity contribution in [2.45, 2.75) is 65.6 Å². The number of piperidine rings is 1. The molecule has 0 saturated carbocycles. The summed E-state index contributed by atoms with van der Waals surface area (Å²) in [6, 6.07) is 1.20. The first-order valence-electron chi connectivity index (χ1n) is 7.59. The molecule has 1 rings (SSSR count). The summed E-state index contributed by atoms with van der Waals surface area (Å²) in [6.07, 6.45) is 2.01. The molecule has 0 aliphatic carbocycles. The summed E-state index contributed by atoms with van der Waals surface area (Å²) < 4.78 is 0. The van der Waals surface area contributed by atoms with Gasteiger partial charge in [0.25, 0.3) is 0 Å². The lowest BCUT2D eigenvalue weighted by Gasteiger charge is -2.41. The lowest BCUT2D eigenvalue weighted by molar-refractivity contribution is 0.0522. The number of nitrogens with one attached hydrogen (secondary N) is 1. The third-order valence-corrected chi connectivity index (χ3v) is 4.13. The number of nitrogens with zero attached hydrogens (tertiary/aromatic N) is 1. The second kappa shape index (κ2) is 7.46. The molecule has 2 N–H and O–H groups in total. The van der Waals surface area contributed by atoms with Crippen molar-refractivity contribution in [3.63, 3.8) is 0 Å². The number of rotatable bonds is 6. The second-order valence-corrected chi connectivity index (χ2v) is 6.45. The maximum absolute atomic E-state index is 10.1. The van der Waals surface area contributed by atoms with Crippen molar-refractivity contribution in [3.05, 3.63) is 0 Å². The van der Waals surface area contributed by atoms with Gasteiger partial charge in [0.15, 0.2) is 0 Å². The summed E-state index contributed by atoms with van der Waals surface area (Å²) in [6.45, 7) is 14.3. The van der Waals surface area contributed by atoms with E-state index in [2.05, 4.69) is 44.8 Å². The molecule has 0 aromatic heterocycles. The van der Waals surface area contributed by atoms with Gasteiger partial charge in [-0.1, -0.05) is 20.8 Å². The number of aliphatic hydroxyl groups is 1. The van der Waals surface area contributed by atoms with E-state index in [1.165, 1.54) is 6.42 Å². The zero-order valence-corrected chi connectivity index (χ0v) is 12.8. The van der Waals surface area contributed by atoms with Crippen molar-refractivity contribution in [2.24, 2.45) is 11.8 Å². The average molecular weight is 256 g/mol. The molecule has 18 heavy (non-hydrogen) atoms. The van der Waals surface area contributed by atoms with E-state index < -0.39 is 0 Å². The Balaban J connectivity index is 2.55. The van der Waals surface area contributed by atoms with E-state index in [9.17, 15) is 5.11 Å². The first-order chi connectivity index (χ1) is 8.43. The fraction of sp³-hybridized carbons (Fsp3) is 1.00. The molecule has 3 nitrogen and oxygen atoms in total. The van der Waals surface area contributed by atoms with Crippen LogP contribution in [0.3, 0.4) is 0 Å². The maximum Gasteiger partial charge on any atom is 0.0566 e. The fourth-order valence-electron chi connectivity index (χ4n) is 2.88. The molecule has 0 radical (unpaired) electrons. The minimum Gasteiger partial charge on any atom is -0.393 e. The topological polar surface area (TPSA) is 35.5 Å². The molecule has 1 heterocycles. The van der Waals surface area contributed by atoms with Crippen LogP contribution >= 0.6 is 0 Å². The Kier molecular flexibility index (Phi) is 6.61. The zero-order chi connectivity index (χ0) is 13.7. The summed E-state index contributed by atoms with van der Waals surface area (Å²) in [5, 5.41) is 13.7. The number of hydrogen-bond donors (Lipinski definition) is 2. The van der Waals surface area contributed by atoms with E-state index in [0.29, 0.717) is 23.9 Å². The average Bonchev–Trinajstić information content (AvgIpc) is 2.28.